The molecule has 0 aromatic heterocycles. The van der Waals surface area contributed by atoms with Crippen molar-refractivity contribution in [3.63, 3.8) is 0 Å². The van der Waals surface area contributed by atoms with Gasteiger partial charge in [-0.2, -0.15) is 0 Å². The summed E-state index contributed by atoms with van der Waals surface area (Å²) in [6.07, 6.45) is 0.842. The number of nitrogens with two attached hydrogens (primary N) is 1. The molecule has 0 saturated carbocycles. The molecule has 1 rings (SSSR count). The summed E-state index contributed by atoms with van der Waals surface area (Å²) in [6, 6.07) is 4.25. The third-order valence-corrected chi connectivity index (χ3v) is 2.58. The minimum absolute atomic E-state index is 0.0238. The molecule has 0 heterocycles. The molecule has 19 heavy (non-hydrogen) atoms. The Morgan fingerprint density at radius 3 is 2.68 bits per heavy atom. The lowest BCUT2D eigenvalue weighted by Gasteiger charge is -2.17. The van der Waals surface area contributed by atoms with Crippen molar-refractivity contribution in [3.8, 4) is 5.75 Å². The molecule has 0 saturated heterocycles. The van der Waals surface area contributed by atoms with Gasteiger partial charge in [-0.15, -0.1) is 0 Å². The van der Waals surface area contributed by atoms with E-state index in [0.717, 1.165) is 6.42 Å². The largest absolute Gasteiger partial charge is 0.506 e. The van der Waals surface area contributed by atoms with Crippen LogP contribution in [0.4, 0.5) is 5.69 Å². The van der Waals surface area contributed by atoms with Crippen LogP contribution in [-0.4, -0.2) is 42.0 Å². The number of carbonyl (C=O) groups excluding carboxylic acids is 2. The number of phenolic OH excluding ortho intramolecular Hbond substituents is 1. The Morgan fingerprint density at radius 2 is 2.11 bits per heavy atom. The van der Waals surface area contributed by atoms with Gasteiger partial charge in [0.15, 0.2) is 0 Å². The van der Waals surface area contributed by atoms with Crippen molar-refractivity contribution in [2.45, 2.75) is 13.3 Å². The van der Waals surface area contributed by atoms with Gasteiger partial charge >= 0.3 is 0 Å². The van der Waals surface area contributed by atoms with Crippen molar-refractivity contribution in [1.82, 2.24) is 10.2 Å². The van der Waals surface area contributed by atoms with Crippen LogP contribution in [0.25, 0.3) is 0 Å². The van der Waals surface area contributed by atoms with Gasteiger partial charge in [0, 0.05) is 19.2 Å². The third kappa shape index (κ3) is 4.17. The van der Waals surface area contributed by atoms with E-state index >= 15 is 0 Å². The maximum absolute atomic E-state index is 12.0. The number of benzene rings is 1. The molecule has 0 radical (unpaired) electrons. The Balaban J connectivity index is 2.66. The van der Waals surface area contributed by atoms with E-state index in [-0.39, 0.29) is 35.4 Å². The fourth-order valence-electron chi connectivity index (χ4n) is 1.50. The normalized spacial score (nSPS) is 10.0. The summed E-state index contributed by atoms with van der Waals surface area (Å²) >= 11 is 0. The molecule has 104 valence electrons. The van der Waals surface area contributed by atoms with Crippen LogP contribution >= 0.6 is 0 Å². The number of nitrogen functional groups attached to an aromatic ring is 1. The summed E-state index contributed by atoms with van der Waals surface area (Å²) in [6.45, 7) is 2.51. The highest BCUT2D eigenvalue weighted by Gasteiger charge is 2.15. The molecule has 0 atom stereocenters. The number of carbonyl (C=O) groups is 2. The highest BCUT2D eigenvalue weighted by atomic mass is 16.3. The van der Waals surface area contributed by atoms with E-state index in [4.69, 9.17) is 5.73 Å². The Kier molecular flexibility index (Phi) is 5.17. The van der Waals surface area contributed by atoms with Gasteiger partial charge in [0.25, 0.3) is 5.91 Å². The van der Waals surface area contributed by atoms with Crippen molar-refractivity contribution >= 4 is 17.5 Å². The Bertz CT molecular complexity index is 474. The fourth-order valence-corrected chi connectivity index (χ4v) is 1.50. The molecule has 1 aromatic carbocycles. The van der Waals surface area contributed by atoms with E-state index in [1.807, 2.05) is 6.92 Å². The predicted octanol–water partition coefficient (Wildman–Crippen LogP) is 0.573. The van der Waals surface area contributed by atoms with Crippen LogP contribution in [0, 0.1) is 0 Å². The molecule has 0 aliphatic carbocycles. The number of nitrogens with zero attached hydrogens (tertiary/aromatic N) is 1. The molecule has 0 bridgehead atoms. The maximum atomic E-state index is 12.0. The fraction of sp³-hybridized carbons (Fsp3) is 0.385. The third-order valence-electron chi connectivity index (χ3n) is 2.58. The number of likely N-dealkylation sites (N-methyl/N-ethyl adjacent to an activating group) is 1. The number of rotatable bonds is 5. The summed E-state index contributed by atoms with van der Waals surface area (Å²) in [7, 11) is 1.53. The molecule has 4 N–H and O–H groups in total. The standard InChI is InChI=1S/C13H19N3O3/c1-3-6-15-12(18)8-16(2)13(19)9-4-5-10(14)11(17)7-9/h4-5,7,17H,3,6,8,14H2,1-2H3,(H,15,18). The number of nitrogens with one attached hydrogen (secondary N) is 1. The van der Waals surface area contributed by atoms with E-state index in [9.17, 15) is 14.7 Å². The van der Waals surface area contributed by atoms with Crippen molar-refractivity contribution in [2.75, 3.05) is 25.9 Å². The van der Waals surface area contributed by atoms with E-state index in [1.54, 1.807) is 0 Å². The summed E-state index contributed by atoms with van der Waals surface area (Å²) in [4.78, 5) is 24.8. The van der Waals surface area contributed by atoms with Crippen LogP contribution < -0.4 is 11.1 Å². The molecular formula is C13H19N3O3. The maximum Gasteiger partial charge on any atom is 0.254 e. The quantitative estimate of drug-likeness (QED) is 0.536. The number of hydrogen-bond donors (Lipinski definition) is 3. The number of aromatic hydroxyl groups is 1. The second kappa shape index (κ2) is 6.63. The molecule has 2 amide bonds. The van der Waals surface area contributed by atoms with Crippen molar-refractivity contribution < 1.29 is 14.7 Å². The Morgan fingerprint density at radius 1 is 1.42 bits per heavy atom. The molecule has 6 nitrogen and oxygen atoms in total. The van der Waals surface area contributed by atoms with E-state index in [1.165, 1.54) is 30.1 Å². The average Bonchev–Trinajstić information content (AvgIpc) is 2.38. The van der Waals surface area contributed by atoms with Crippen LogP contribution in [-0.2, 0) is 4.79 Å². The minimum atomic E-state index is -0.345. The molecule has 0 spiro atoms. The van der Waals surface area contributed by atoms with Gasteiger partial charge in [-0.05, 0) is 24.6 Å². The van der Waals surface area contributed by atoms with Crippen LogP contribution in [0.15, 0.2) is 18.2 Å². The molecule has 6 heteroatoms. The Hall–Kier alpha value is -2.24. The van der Waals surface area contributed by atoms with Gasteiger partial charge in [0.1, 0.15) is 5.75 Å². The van der Waals surface area contributed by atoms with Gasteiger partial charge in [0.05, 0.1) is 12.2 Å². The molecule has 0 fully saturated rings. The zero-order valence-corrected chi connectivity index (χ0v) is 11.1. The highest BCUT2D eigenvalue weighted by Crippen LogP contribution is 2.21. The van der Waals surface area contributed by atoms with Crippen molar-refractivity contribution in [1.29, 1.82) is 0 Å². The van der Waals surface area contributed by atoms with E-state index in [0.29, 0.717) is 6.54 Å². The van der Waals surface area contributed by atoms with Gasteiger partial charge in [-0.1, -0.05) is 6.92 Å². The molecular weight excluding hydrogens is 246 g/mol. The highest BCUT2D eigenvalue weighted by molar-refractivity contribution is 5.97. The number of anilines is 1. The molecule has 1 aromatic rings. The van der Waals surface area contributed by atoms with Gasteiger partial charge < -0.3 is 21.1 Å². The van der Waals surface area contributed by atoms with E-state index in [2.05, 4.69) is 5.32 Å². The monoisotopic (exact) mass is 265 g/mol. The average molecular weight is 265 g/mol. The van der Waals surface area contributed by atoms with Crippen LogP contribution in [0.3, 0.4) is 0 Å². The van der Waals surface area contributed by atoms with Crippen molar-refractivity contribution in [2.24, 2.45) is 0 Å². The molecule has 0 aliphatic heterocycles. The summed E-state index contributed by atoms with van der Waals surface area (Å²) < 4.78 is 0. The second-order valence-electron chi connectivity index (χ2n) is 4.28. The number of phenols is 1. The van der Waals surface area contributed by atoms with Gasteiger partial charge in [-0.3, -0.25) is 9.59 Å². The molecule has 0 aliphatic rings. The summed E-state index contributed by atoms with van der Waals surface area (Å²) in [5.74, 6) is -0.700. The predicted molar refractivity (Wildman–Crippen MR) is 72.8 cm³/mol. The first-order valence-corrected chi connectivity index (χ1v) is 6.06. The lowest BCUT2D eigenvalue weighted by atomic mass is 10.1. The second-order valence-corrected chi connectivity index (χ2v) is 4.28. The zero-order chi connectivity index (χ0) is 14.4. The van der Waals surface area contributed by atoms with Gasteiger partial charge in [-0.25, -0.2) is 0 Å². The number of hydrogen-bond acceptors (Lipinski definition) is 4. The SMILES string of the molecule is CCCNC(=O)CN(C)C(=O)c1ccc(N)c(O)c1. The van der Waals surface area contributed by atoms with Crippen LogP contribution in [0.2, 0.25) is 0 Å². The first kappa shape index (κ1) is 14.8. The smallest absolute Gasteiger partial charge is 0.254 e. The summed E-state index contributed by atoms with van der Waals surface area (Å²) in [5, 5.41) is 12.1. The lowest BCUT2D eigenvalue weighted by Crippen LogP contribution is -2.38. The zero-order valence-electron chi connectivity index (χ0n) is 11.1. The topological polar surface area (TPSA) is 95.7 Å². The van der Waals surface area contributed by atoms with Gasteiger partial charge in [0.2, 0.25) is 5.91 Å². The van der Waals surface area contributed by atoms with Crippen molar-refractivity contribution in [3.05, 3.63) is 23.8 Å². The van der Waals surface area contributed by atoms with E-state index < -0.39 is 0 Å². The Labute approximate surface area is 112 Å². The summed E-state index contributed by atoms with van der Waals surface area (Å²) in [5.41, 5.74) is 5.96. The lowest BCUT2D eigenvalue weighted by molar-refractivity contribution is -0.121. The minimum Gasteiger partial charge on any atom is -0.506 e. The number of amides is 2. The first-order valence-electron chi connectivity index (χ1n) is 6.06. The molecule has 0 unspecified atom stereocenters. The van der Waals surface area contributed by atoms with Crippen LogP contribution in [0.5, 0.6) is 5.75 Å². The first-order chi connectivity index (χ1) is 8.95. The van der Waals surface area contributed by atoms with Crippen LogP contribution in [0.1, 0.15) is 23.7 Å².